The van der Waals surface area contributed by atoms with Gasteiger partial charge in [-0.3, -0.25) is 9.80 Å². The Labute approximate surface area is 143 Å². The highest BCUT2D eigenvalue weighted by Gasteiger charge is 2.20. The van der Waals surface area contributed by atoms with Gasteiger partial charge in [-0.25, -0.2) is 0 Å². The molecule has 0 heterocycles. The molecule has 0 fully saturated rings. The lowest BCUT2D eigenvalue weighted by Crippen LogP contribution is -2.25. The van der Waals surface area contributed by atoms with Gasteiger partial charge in [0, 0.05) is 24.2 Å². The van der Waals surface area contributed by atoms with E-state index < -0.39 is 0 Å². The number of hydrogen-bond acceptors (Lipinski definition) is 3. The van der Waals surface area contributed by atoms with Gasteiger partial charge in [-0.15, -0.1) is 0 Å². The summed E-state index contributed by atoms with van der Waals surface area (Å²) in [5, 5.41) is 10.8. The third-order valence-corrected chi connectivity index (χ3v) is 4.71. The molecule has 0 spiro atoms. The Morgan fingerprint density at radius 1 is 0.783 bits per heavy atom. The van der Waals surface area contributed by atoms with Crippen LogP contribution >= 0.6 is 0 Å². The summed E-state index contributed by atoms with van der Waals surface area (Å²) in [6.07, 6.45) is 0. The maximum atomic E-state index is 10.8. The third-order valence-electron chi connectivity index (χ3n) is 4.71. The average Bonchev–Trinajstić information content (AvgIpc) is 2.51. The van der Waals surface area contributed by atoms with Crippen molar-refractivity contribution in [1.82, 2.24) is 9.80 Å². The molecule has 132 valence electrons. The van der Waals surface area contributed by atoms with Gasteiger partial charge < -0.3 is 5.11 Å². The molecule has 1 rings (SSSR count). The lowest BCUT2D eigenvalue weighted by Gasteiger charge is -2.26. The molecule has 23 heavy (non-hydrogen) atoms. The third kappa shape index (κ3) is 5.50. The first-order valence-corrected chi connectivity index (χ1v) is 9.06. The monoisotopic (exact) mass is 320 g/mol. The zero-order valence-electron chi connectivity index (χ0n) is 16.2. The van der Waals surface area contributed by atoms with Crippen LogP contribution in [0.25, 0.3) is 0 Å². The number of nitrogens with zero attached hydrogens (tertiary/aromatic N) is 2. The lowest BCUT2D eigenvalue weighted by atomic mass is 9.84. The minimum Gasteiger partial charge on any atom is -0.507 e. The van der Waals surface area contributed by atoms with E-state index in [2.05, 4.69) is 70.4 Å². The fraction of sp³-hybridized carbons (Fsp3) is 0.700. The predicted octanol–water partition coefficient (Wildman–Crippen LogP) is 4.37. The van der Waals surface area contributed by atoms with Crippen molar-refractivity contribution in [3.63, 3.8) is 0 Å². The molecule has 0 saturated carbocycles. The number of phenolic OH excluding ortho intramolecular Hbond substituents is 1. The minimum atomic E-state index is 0.0870. The Hall–Kier alpha value is -1.06. The molecular formula is C20H36N2O. The molecule has 3 nitrogen and oxygen atoms in total. The molecule has 0 amide bonds. The largest absolute Gasteiger partial charge is 0.507 e. The molecule has 0 unspecified atom stereocenters. The minimum absolute atomic E-state index is 0.0870. The van der Waals surface area contributed by atoms with Crippen LogP contribution in [0.5, 0.6) is 5.75 Å². The summed E-state index contributed by atoms with van der Waals surface area (Å²) in [5.74, 6) is 0.483. The summed E-state index contributed by atoms with van der Waals surface area (Å²) < 4.78 is 0. The zero-order chi connectivity index (χ0) is 17.6. The normalized spacial score (nSPS) is 12.4. The molecule has 1 aromatic rings. The summed E-state index contributed by atoms with van der Waals surface area (Å²) in [6.45, 7) is 21.0. The van der Waals surface area contributed by atoms with Gasteiger partial charge in [0.1, 0.15) is 5.75 Å². The van der Waals surface area contributed by atoms with Crippen molar-refractivity contribution in [3.8, 4) is 5.75 Å². The molecule has 1 N–H and O–H groups in total. The van der Waals surface area contributed by atoms with Crippen LogP contribution in [-0.2, 0) is 18.5 Å². The van der Waals surface area contributed by atoms with E-state index >= 15 is 0 Å². The van der Waals surface area contributed by atoms with Gasteiger partial charge in [0.05, 0.1) is 0 Å². The Kier molecular flexibility index (Phi) is 7.56. The number of phenols is 1. The van der Waals surface area contributed by atoms with E-state index in [1.54, 1.807) is 0 Å². The average molecular weight is 321 g/mol. The molecule has 0 bridgehead atoms. The first kappa shape index (κ1) is 20.0. The maximum absolute atomic E-state index is 10.8. The van der Waals surface area contributed by atoms with Crippen LogP contribution in [0.1, 0.15) is 65.2 Å². The number of rotatable bonds is 8. The highest BCUT2D eigenvalue weighted by atomic mass is 16.3. The van der Waals surface area contributed by atoms with E-state index in [4.69, 9.17) is 0 Å². The van der Waals surface area contributed by atoms with Crippen molar-refractivity contribution < 1.29 is 5.11 Å². The van der Waals surface area contributed by atoms with Crippen LogP contribution in [0, 0.1) is 0 Å². The Bertz CT molecular complexity index is 448. The second-order valence-electron chi connectivity index (χ2n) is 7.32. The topological polar surface area (TPSA) is 26.7 Å². The van der Waals surface area contributed by atoms with Gasteiger partial charge in [-0.1, -0.05) is 60.6 Å². The molecule has 0 aliphatic carbocycles. The van der Waals surface area contributed by atoms with Crippen molar-refractivity contribution >= 4 is 0 Å². The maximum Gasteiger partial charge on any atom is 0.124 e. The molecule has 3 heteroatoms. The van der Waals surface area contributed by atoms with E-state index in [0.717, 1.165) is 50.4 Å². The first-order valence-electron chi connectivity index (χ1n) is 9.06. The smallest absolute Gasteiger partial charge is 0.124 e. The summed E-state index contributed by atoms with van der Waals surface area (Å²) >= 11 is 0. The van der Waals surface area contributed by atoms with Crippen molar-refractivity contribution in [1.29, 1.82) is 0 Å². The second kappa shape index (κ2) is 8.70. The van der Waals surface area contributed by atoms with Gasteiger partial charge in [-0.2, -0.15) is 0 Å². The number of aromatic hydroxyl groups is 1. The standard InChI is InChI=1S/C20H36N2O/c1-8-21(9-2)14-16-12-18(20(5,6)7)13-17(19(16)23)15-22(10-3)11-4/h12-13,23H,8-11,14-15H2,1-7H3. The summed E-state index contributed by atoms with van der Waals surface area (Å²) in [7, 11) is 0. The molecule has 0 aliphatic heterocycles. The Balaban J connectivity index is 3.27. The van der Waals surface area contributed by atoms with Gasteiger partial charge in [0.25, 0.3) is 0 Å². The second-order valence-corrected chi connectivity index (χ2v) is 7.32. The van der Waals surface area contributed by atoms with Gasteiger partial charge in [0.2, 0.25) is 0 Å². The van der Waals surface area contributed by atoms with Crippen molar-refractivity contribution in [2.75, 3.05) is 26.2 Å². The summed E-state index contributed by atoms with van der Waals surface area (Å²) in [5.41, 5.74) is 3.51. The quantitative estimate of drug-likeness (QED) is 0.770. The van der Waals surface area contributed by atoms with Crippen molar-refractivity contribution in [3.05, 3.63) is 28.8 Å². The lowest BCUT2D eigenvalue weighted by molar-refractivity contribution is 0.281. The molecule has 0 aliphatic rings. The van der Waals surface area contributed by atoms with Gasteiger partial charge >= 0.3 is 0 Å². The van der Waals surface area contributed by atoms with E-state index in [1.165, 1.54) is 5.56 Å². The zero-order valence-corrected chi connectivity index (χ0v) is 16.2. The predicted molar refractivity (Wildman–Crippen MR) is 100 cm³/mol. The van der Waals surface area contributed by atoms with Crippen LogP contribution in [0.3, 0.4) is 0 Å². The summed E-state index contributed by atoms with van der Waals surface area (Å²) in [6, 6.07) is 4.39. The van der Waals surface area contributed by atoms with E-state index in [1.807, 2.05) is 0 Å². The molecule has 1 aromatic carbocycles. The van der Waals surface area contributed by atoms with Crippen molar-refractivity contribution in [2.45, 2.75) is 67.0 Å². The van der Waals surface area contributed by atoms with E-state index in [-0.39, 0.29) is 5.41 Å². The fourth-order valence-electron chi connectivity index (χ4n) is 2.81. The van der Waals surface area contributed by atoms with Crippen LogP contribution in [0.2, 0.25) is 0 Å². The SMILES string of the molecule is CCN(CC)Cc1cc(C(C)(C)C)cc(CN(CC)CC)c1O. The molecule has 0 atom stereocenters. The van der Waals surface area contributed by atoms with Crippen LogP contribution < -0.4 is 0 Å². The summed E-state index contributed by atoms with van der Waals surface area (Å²) in [4.78, 5) is 4.70. The highest BCUT2D eigenvalue weighted by molar-refractivity contribution is 5.45. The van der Waals surface area contributed by atoms with Crippen molar-refractivity contribution in [2.24, 2.45) is 0 Å². The van der Waals surface area contributed by atoms with Crippen LogP contribution in [0.4, 0.5) is 0 Å². The molecule has 0 radical (unpaired) electrons. The van der Waals surface area contributed by atoms with Gasteiger partial charge in [-0.05, 0) is 37.2 Å². The van der Waals surface area contributed by atoms with E-state index in [0.29, 0.717) is 5.75 Å². The Morgan fingerprint density at radius 3 is 1.39 bits per heavy atom. The Morgan fingerprint density at radius 2 is 1.13 bits per heavy atom. The highest BCUT2D eigenvalue weighted by Crippen LogP contribution is 2.32. The number of benzene rings is 1. The van der Waals surface area contributed by atoms with E-state index in [9.17, 15) is 5.11 Å². The first-order chi connectivity index (χ1) is 10.8. The number of hydrogen-bond donors (Lipinski definition) is 1. The fourth-order valence-corrected chi connectivity index (χ4v) is 2.81. The molecule has 0 saturated heterocycles. The van der Waals surface area contributed by atoms with Gasteiger partial charge in [0.15, 0.2) is 0 Å². The van der Waals surface area contributed by atoms with Crippen LogP contribution in [-0.4, -0.2) is 41.1 Å². The molecule has 0 aromatic heterocycles. The van der Waals surface area contributed by atoms with Crippen LogP contribution in [0.15, 0.2) is 12.1 Å². The molecular weight excluding hydrogens is 284 g/mol.